The molecule has 2 N–H and O–H groups in total. The Balaban J connectivity index is 1.40. The van der Waals surface area contributed by atoms with Gasteiger partial charge in [0.25, 0.3) is 11.5 Å². The predicted molar refractivity (Wildman–Crippen MR) is 129 cm³/mol. The summed E-state index contributed by atoms with van der Waals surface area (Å²) in [5.41, 5.74) is 0.479. The molecule has 3 aromatic carbocycles. The number of nitrogens with zero attached hydrogens (tertiary/aromatic N) is 2. The highest BCUT2D eigenvalue weighted by atomic mass is 16.5. The van der Waals surface area contributed by atoms with Crippen molar-refractivity contribution >= 4 is 28.4 Å². The van der Waals surface area contributed by atoms with Gasteiger partial charge in [-0.15, -0.1) is 0 Å². The highest BCUT2D eigenvalue weighted by molar-refractivity contribution is 6.05. The van der Waals surface area contributed by atoms with Crippen molar-refractivity contribution in [3.63, 3.8) is 0 Å². The highest BCUT2D eigenvalue weighted by Crippen LogP contribution is 2.33. The van der Waals surface area contributed by atoms with Crippen LogP contribution in [0.2, 0.25) is 0 Å². The van der Waals surface area contributed by atoms with Crippen LogP contribution in [0.5, 0.6) is 0 Å². The average molecular weight is 468 g/mol. The molecular formula is C26H20N4O5. The van der Waals surface area contributed by atoms with Crippen molar-refractivity contribution in [2.24, 2.45) is 5.10 Å². The van der Waals surface area contributed by atoms with Gasteiger partial charge in [0.05, 0.1) is 11.8 Å². The monoisotopic (exact) mass is 468 g/mol. The molecule has 35 heavy (non-hydrogen) atoms. The number of hydrogen-bond donors (Lipinski definition) is 2. The standard InChI is InChI=1S/C26H20N4O5/c31-23(15-35-25(33)20-14-27-26(34)28-24(20)32)30-22(17-7-2-1-3-8-17)13-21(29-30)19-11-10-16-6-4-5-9-18(16)12-19/h1-12,14,22H,13,15H2,(H2,27,28,32,34). The van der Waals surface area contributed by atoms with Gasteiger partial charge in [-0.2, -0.15) is 5.10 Å². The van der Waals surface area contributed by atoms with Crippen LogP contribution in [0.25, 0.3) is 10.8 Å². The number of esters is 1. The quantitative estimate of drug-likeness (QED) is 0.436. The first kappa shape index (κ1) is 22.0. The van der Waals surface area contributed by atoms with Crippen molar-refractivity contribution < 1.29 is 14.3 Å². The highest BCUT2D eigenvalue weighted by Gasteiger charge is 2.33. The van der Waals surface area contributed by atoms with Crippen LogP contribution in [0.15, 0.2) is 93.7 Å². The maximum atomic E-state index is 13.1. The van der Waals surface area contributed by atoms with Crippen LogP contribution in [0.3, 0.4) is 0 Å². The molecular weight excluding hydrogens is 448 g/mol. The summed E-state index contributed by atoms with van der Waals surface area (Å²) in [6, 6.07) is 23.1. The van der Waals surface area contributed by atoms with Crippen LogP contribution in [0, 0.1) is 0 Å². The molecule has 1 aromatic heterocycles. The minimum atomic E-state index is -1.02. The van der Waals surface area contributed by atoms with E-state index in [4.69, 9.17) is 4.74 Å². The molecule has 1 atom stereocenters. The minimum Gasteiger partial charge on any atom is -0.452 e. The molecule has 1 aliphatic heterocycles. The van der Waals surface area contributed by atoms with E-state index in [0.29, 0.717) is 6.42 Å². The fourth-order valence-electron chi connectivity index (χ4n) is 4.05. The van der Waals surface area contributed by atoms with E-state index in [-0.39, 0.29) is 6.04 Å². The number of aromatic amines is 2. The summed E-state index contributed by atoms with van der Waals surface area (Å²) in [5, 5.41) is 8.09. The lowest BCUT2D eigenvalue weighted by atomic mass is 9.97. The number of fused-ring (bicyclic) bond motifs is 1. The van der Waals surface area contributed by atoms with Crippen LogP contribution in [0.1, 0.15) is 33.9 Å². The Morgan fingerprint density at radius 3 is 2.49 bits per heavy atom. The Morgan fingerprint density at radius 2 is 1.71 bits per heavy atom. The molecule has 0 spiro atoms. The second-order valence-electron chi connectivity index (χ2n) is 8.04. The van der Waals surface area contributed by atoms with E-state index in [0.717, 1.165) is 33.8 Å². The summed E-state index contributed by atoms with van der Waals surface area (Å²) in [4.78, 5) is 52.5. The Morgan fingerprint density at radius 1 is 0.971 bits per heavy atom. The van der Waals surface area contributed by atoms with Gasteiger partial charge in [-0.3, -0.25) is 14.6 Å². The first-order chi connectivity index (χ1) is 17.0. The van der Waals surface area contributed by atoms with Crippen LogP contribution in [0.4, 0.5) is 0 Å². The molecule has 1 aliphatic rings. The lowest BCUT2D eigenvalue weighted by Gasteiger charge is -2.21. The normalized spacial score (nSPS) is 15.1. The zero-order chi connectivity index (χ0) is 24.4. The third-order valence-corrected chi connectivity index (χ3v) is 5.80. The van der Waals surface area contributed by atoms with Gasteiger partial charge in [-0.1, -0.05) is 66.7 Å². The van der Waals surface area contributed by atoms with Gasteiger partial charge in [0, 0.05) is 12.6 Å². The third kappa shape index (κ3) is 4.51. The number of H-pyrrole nitrogens is 2. The molecule has 0 saturated heterocycles. The van der Waals surface area contributed by atoms with E-state index >= 15 is 0 Å². The molecule has 2 heterocycles. The summed E-state index contributed by atoms with van der Waals surface area (Å²) >= 11 is 0. The molecule has 5 rings (SSSR count). The van der Waals surface area contributed by atoms with E-state index in [1.165, 1.54) is 5.01 Å². The molecule has 174 valence electrons. The average Bonchev–Trinajstić information content (AvgIpc) is 3.33. The number of carbonyl (C=O) groups is 2. The summed E-state index contributed by atoms with van der Waals surface area (Å²) in [7, 11) is 0. The molecule has 0 radical (unpaired) electrons. The molecule has 9 heteroatoms. The molecule has 0 fully saturated rings. The largest absolute Gasteiger partial charge is 0.452 e. The first-order valence-corrected chi connectivity index (χ1v) is 10.9. The SMILES string of the molecule is O=C(OCC(=O)N1N=C(c2ccc3ccccc3c2)CC1c1ccccc1)c1c[nH]c(=O)[nH]c1=O. The Kier molecular flexibility index (Phi) is 5.80. The Hall–Kier alpha value is -4.79. The van der Waals surface area contributed by atoms with E-state index in [2.05, 4.69) is 10.1 Å². The number of amides is 1. The number of ether oxygens (including phenoxy) is 1. The molecule has 0 aliphatic carbocycles. The number of carbonyl (C=O) groups excluding carboxylic acids is 2. The van der Waals surface area contributed by atoms with E-state index in [1.54, 1.807) is 0 Å². The van der Waals surface area contributed by atoms with Gasteiger partial charge >= 0.3 is 11.7 Å². The number of rotatable bonds is 5. The third-order valence-electron chi connectivity index (χ3n) is 5.80. The first-order valence-electron chi connectivity index (χ1n) is 10.9. The predicted octanol–water partition coefficient (Wildman–Crippen LogP) is 2.75. The topological polar surface area (TPSA) is 125 Å². The Labute approximate surface area is 198 Å². The van der Waals surface area contributed by atoms with Crippen LogP contribution in [-0.2, 0) is 9.53 Å². The van der Waals surface area contributed by atoms with Crippen molar-refractivity contribution in [2.75, 3.05) is 6.61 Å². The summed E-state index contributed by atoms with van der Waals surface area (Å²) in [5.74, 6) is -1.56. The zero-order valence-electron chi connectivity index (χ0n) is 18.4. The van der Waals surface area contributed by atoms with Crippen LogP contribution in [-0.4, -0.2) is 39.2 Å². The van der Waals surface area contributed by atoms with Crippen molar-refractivity contribution in [1.82, 2.24) is 15.0 Å². The molecule has 9 nitrogen and oxygen atoms in total. The van der Waals surface area contributed by atoms with Crippen molar-refractivity contribution in [2.45, 2.75) is 12.5 Å². The maximum absolute atomic E-state index is 13.1. The maximum Gasteiger partial charge on any atom is 0.345 e. The summed E-state index contributed by atoms with van der Waals surface area (Å²) in [6.07, 6.45) is 1.44. The lowest BCUT2D eigenvalue weighted by molar-refractivity contribution is -0.136. The fraction of sp³-hybridized carbons (Fsp3) is 0.115. The van der Waals surface area contributed by atoms with Gasteiger partial charge in [0.1, 0.15) is 5.56 Å². The van der Waals surface area contributed by atoms with Crippen molar-refractivity contribution in [3.05, 3.63) is 117 Å². The van der Waals surface area contributed by atoms with Gasteiger partial charge < -0.3 is 9.72 Å². The number of hydrazone groups is 1. The van der Waals surface area contributed by atoms with Gasteiger partial charge in [0.15, 0.2) is 6.61 Å². The Bertz CT molecular complexity index is 1570. The second-order valence-corrected chi connectivity index (χ2v) is 8.04. The summed E-state index contributed by atoms with van der Waals surface area (Å²) in [6.45, 7) is -0.616. The zero-order valence-corrected chi connectivity index (χ0v) is 18.4. The lowest BCUT2D eigenvalue weighted by Crippen LogP contribution is -2.33. The number of aromatic nitrogens is 2. The number of hydrogen-bond acceptors (Lipinski definition) is 6. The van der Waals surface area contributed by atoms with E-state index in [1.807, 2.05) is 77.8 Å². The van der Waals surface area contributed by atoms with Gasteiger partial charge in [-0.25, -0.2) is 14.6 Å². The minimum absolute atomic E-state index is 0.375. The van der Waals surface area contributed by atoms with Crippen molar-refractivity contribution in [3.8, 4) is 0 Å². The molecule has 1 unspecified atom stereocenters. The number of nitrogens with one attached hydrogen (secondary N) is 2. The van der Waals surface area contributed by atoms with E-state index < -0.39 is 35.3 Å². The molecule has 1 amide bonds. The second kappa shape index (κ2) is 9.22. The van der Waals surface area contributed by atoms with Crippen molar-refractivity contribution in [1.29, 1.82) is 0 Å². The van der Waals surface area contributed by atoms with Crippen LogP contribution >= 0.6 is 0 Å². The van der Waals surface area contributed by atoms with Gasteiger partial charge in [0.2, 0.25) is 0 Å². The molecule has 0 saturated carbocycles. The van der Waals surface area contributed by atoms with E-state index in [9.17, 15) is 19.2 Å². The molecule has 4 aromatic rings. The summed E-state index contributed by atoms with van der Waals surface area (Å²) < 4.78 is 5.06. The molecule has 0 bridgehead atoms. The number of benzene rings is 3. The smallest absolute Gasteiger partial charge is 0.345 e. The fourth-order valence-corrected chi connectivity index (χ4v) is 4.05. The van der Waals surface area contributed by atoms with Crippen LogP contribution < -0.4 is 11.2 Å². The van der Waals surface area contributed by atoms with Gasteiger partial charge in [-0.05, 0) is 28.0 Å².